The maximum Gasteiger partial charge on any atom is 0.226 e. The van der Waals surface area contributed by atoms with Crippen LogP contribution in [0.15, 0.2) is 48.5 Å². The standard InChI is InChI=1S/C19H26N4O/c1-22(2)17-9-5-15(6-10-17)20-14-13-19(24)21-16-7-11-18(12-8-16)23(3)4/h5-12,20H,13-14H2,1-4H3,(H,21,24). The van der Waals surface area contributed by atoms with Gasteiger partial charge >= 0.3 is 0 Å². The first-order valence-corrected chi connectivity index (χ1v) is 8.04. The van der Waals surface area contributed by atoms with Crippen LogP contribution in [0.5, 0.6) is 0 Å². The monoisotopic (exact) mass is 326 g/mol. The molecule has 0 aliphatic carbocycles. The fourth-order valence-electron chi connectivity index (χ4n) is 2.26. The molecule has 2 N–H and O–H groups in total. The van der Waals surface area contributed by atoms with E-state index in [1.807, 2.05) is 69.5 Å². The number of carbonyl (C=O) groups excluding carboxylic acids is 1. The van der Waals surface area contributed by atoms with E-state index in [-0.39, 0.29) is 5.91 Å². The van der Waals surface area contributed by atoms with Gasteiger partial charge in [0, 0.05) is 63.9 Å². The van der Waals surface area contributed by atoms with E-state index in [2.05, 4.69) is 27.7 Å². The highest BCUT2D eigenvalue weighted by atomic mass is 16.1. The van der Waals surface area contributed by atoms with Crippen LogP contribution < -0.4 is 20.4 Å². The summed E-state index contributed by atoms with van der Waals surface area (Å²) in [6.45, 7) is 0.600. The van der Waals surface area contributed by atoms with Crippen molar-refractivity contribution in [3.05, 3.63) is 48.5 Å². The number of carbonyl (C=O) groups is 1. The van der Waals surface area contributed by atoms with E-state index in [9.17, 15) is 4.79 Å². The normalized spacial score (nSPS) is 10.2. The number of anilines is 4. The lowest BCUT2D eigenvalue weighted by molar-refractivity contribution is -0.115. The topological polar surface area (TPSA) is 47.6 Å². The highest BCUT2D eigenvalue weighted by molar-refractivity contribution is 5.91. The van der Waals surface area contributed by atoms with Crippen molar-refractivity contribution in [2.45, 2.75) is 6.42 Å². The molecule has 0 fully saturated rings. The second-order valence-electron chi connectivity index (χ2n) is 6.11. The molecule has 1 amide bonds. The summed E-state index contributed by atoms with van der Waals surface area (Å²) in [4.78, 5) is 16.1. The van der Waals surface area contributed by atoms with Gasteiger partial charge < -0.3 is 20.4 Å². The first kappa shape index (κ1) is 17.7. The van der Waals surface area contributed by atoms with Crippen molar-refractivity contribution in [2.75, 3.05) is 55.2 Å². The summed E-state index contributed by atoms with van der Waals surface area (Å²) < 4.78 is 0. The van der Waals surface area contributed by atoms with E-state index in [1.54, 1.807) is 0 Å². The molecule has 2 aromatic carbocycles. The van der Waals surface area contributed by atoms with Crippen LogP contribution >= 0.6 is 0 Å². The van der Waals surface area contributed by atoms with Crippen LogP contribution in [0.1, 0.15) is 6.42 Å². The average Bonchev–Trinajstić information content (AvgIpc) is 2.55. The van der Waals surface area contributed by atoms with Crippen molar-refractivity contribution in [3.8, 4) is 0 Å². The van der Waals surface area contributed by atoms with Crippen molar-refractivity contribution in [3.63, 3.8) is 0 Å². The molecule has 128 valence electrons. The second kappa shape index (κ2) is 8.24. The summed E-state index contributed by atoms with van der Waals surface area (Å²) in [6, 6.07) is 15.9. The minimum absolute atomic E-state index is 0.00464. The third kappa shape index (κ3) is 5.19. The molecular weight excluding hydrogens is 300 g/mol. The van der Waals surface area contributed by atoms with Crippen LogP contribution in [-0.2, 0) is 4.79 Å². The lowest BCUT2D eigenvalue weighted by atomic mass is 10.2. The molecule has 2 aromatic rings. The first-order chi connectivity index (χ1) is 11.5. The molecule has 0 saturated carbocycles. The summed E-state index contributed by atoms with van der Waals surface area (Å²) in [5.41, 5.74) is 4.10. The number of nitrogens with zero attached hydrogens (tertiary/aromatic N) is 2. The molecule has 0 atom stereocenters. The van der Waals surface area contributed by atoms with Crippen molar-refractivity contribution in [1.82, 2.24) is 0 Å². The van der Waals surface area contributed by atoms with E-state index in [0.717, 1.165) is 22.7 Å². The molecule has 2 rings (SSSR count). The van der Waals surface area contributed by atoms with Gasteiger partial charge in [-0.15, -0.1) is 0 Å². The molecule has 0 spiro atoms. The molecule has 0 heterocycles. The Hall–Kier alpha value is -2.69. The predicted molar refractivity (Wildman–Crippen MR) is 103 cm³/mol. The molecule has 0 saturated heterocycles. The number of rotatable bonds is 7. The number of hydrogen-bond acceptors (Lipinski definition) is 4. The summed E-state index contributed by atoms with van der Waals surface area (Å²) in [6.07, 6.45) is 0.421. The predicted octanol–water partition coefficient (Wildman–Crippen LogP) is 3.26. The Balaban J connectivity index is 1.76. The Morgan fingerprint density at radius 2 is 1.25 bits per heavy atom. The molecule has 24 heavy (non-hydrogen) atoms. The third-order valence-electron chi connectivity index (χ3n) is 3.73. The number of benzene rings is 2. The van der Waals surface area contributed by atoms with Gasteiger partial charge in [0.15, 0.2) is 0 Å². The average molecular weight is 326 g/mol. The lowest BCUT2D eigenvalue weighted by Gasteiger charge is -2.14. The number of nitrogens with one attached hydrogen (secondary N) is 2. The number of amides is 1. The molecule has 5 heteroatoms. The van der Waals surface area contributed by atoms with Crippen LogP contribution in [0.2, 0.25) is 0 Å². The zero-order valence-corrected chi connectivity index (χ0v) is 14.8. The van der Waals surface area contributed by atoms with E-state index in [4.69, 9.17) is 0 Å². The Morgan fingerprint density at radius 1 is 0.792 bits per heavy atom. The Morgan fingerprint density at radius 3 is 1.71 bits per heavy atom. The molecule has 0 bridgehead atoms. The minimum Gasteiger partial charge on any atom is -0.385 e. The molecule has 0 aliphatic heterocycles. The summed E-state index contributed by atoms with van der Waals surface area (Å²) in [7, 11) is 8.00. The van der Waals surface area contributed by atoms with Crippen molar-refractivity contribution in [1.29, 1.82) is 0 Å². The summed E-state index contributed by atoms with van der Waals surface area (Å²) in [5.74, 6) is 0.00464. The quantitative estimate of drug-likeness (QED) is 0.820. The van der Waals surface area contributed by atoms with Gasteiger partial charge in [0.05, 0.1) is 0 Å². The highest BCUT2D eigenvalue weighted by Crippen LogP contribution is 2.17. The Kier molecular flexibility index (Phi) is 6.07. The van der Waals surface area contributed by atoms with Crippen molar-refractivity contribution in [2.24, 2.45) is 0 Å². The van der Waals surface area contributed by atoms with Gasteiger partial charge in [-0.2, -0.15) is 0 Å². The lowest BCUT2D eigenvalue weighted by Crippen LogP contribution is -2.16. The highest BCUT2D eigenvalue weighted by Gasteiger charge is 2.03. The second-order valence-corrected chi connectivity index (χ2v) is 6.11. The minimum atomic E-state index is 0.00464. The van der Waals surface area contributed by atoms with E-state index in [0.29, 0.717) is 13.0 Å². The van der Waals surface area contributed by atoms with E-state index >= 15 is 0 Å². The van der Waals surface area contributed by atoms with Gasteiger partial charge in [-0.3, -0.25) is 4.79 Å². The van der Waals surface area contributed by atoms with Gasteiger partial charge in [0.2, 0.25) is 5.91 Å². The van der Waals surface area contributed by atoms with Crippen LogP contribution in [0.25, 0.3) is 0 Å². The zero-order chi connectivity index (χ0) is 17.5. The molecule has 0 aliphatic rings. The number of hydrogen-bond donors (Lipinski definition) is 2. The molecule has 0 radical (unpaired) electrons. The maximum atomic E-state index is 12.0. The Bertz CT molecular complexity index is 648. The summed E-state index contributed by atoms with van der Waals surface area (Å²) in [5, 5.41) is 6.18. The van der Waals surface area contributed by atoms with Crippen LogP contribution in [0, 0.1) is 0 Å². The zero-order valence-electron chi connectivity index (χ0n) is 14.8. The van der Waals surface area contributed by atoms with Crippen LogP contribution in [0.3, 0.4) is 0 Å². The van der Waals surface area contributed by atoms with Crippen molar-refractivity contribution < 1.29 is 4.79 Å². The summed E-state index contributed by atoms with van der Waals surface area (Å²) >= 11 is 0. The molecular formula is C19H26N4O. The van der Waals surface area contributed by atoms with Crippen LogP contribution in [-0.4, -0.2) is 40.6 Å². The van der Waals surface area contributed by atoms with Gasteiger partial charge in [-0.1, -0.05) is 0 Å². The fraction of sp³-hybridized carbons (Fsp3) is 0.316. The van der Waals surface area contributed by atoms with Gasteiger partial charge in [0.25, 0.3) is 0 Å². The smallest absolute Gasteiger partial charge is 0.226 e. The van der Waals surface area contributed by atoms with Gasteiger partial charge in [0.1, 0.15) is 0 Å². The Labute approximate surface area is 144 Å². The molecule has 5 nitrogen and oxygen atoms in total. The largest absolute Gasteiger partial charge is 0.385 e. The maximum absolute atomic E-state index is 12.0. The van der Waals surface area contributed by atoms with Crippen LogP contribution in [0.4, 0.5) is 22.7 Å². The molecule has 0 unspecified atom stereocenters. The van der Waals surface area contributed by atoms with E-state index < -0.39 is 0 Å². The third-order valence-corrected chi connectivity index (χ3v) is 3.73. The molecule has 0 aromatic heterocycles. The van der Waals surface area contributed by atoms with Gasteiger partial charge in [-0.05, 0) is 48.5 Å². The SMILES string of the molecule is CN(C)c1ccc(NCCC(=O)Nc2ccc(N(C)C)cc2)cc1. The van der Waals surface area contributed by atoms with E-state index in [1.165, 1.54) is 0 Å². The van der Waals surface area contributed by atoms with Crippen molar-refractivity contribution >= 4 is 28.7 Å². The fourth-order valence-corrected chi connectivity index (χ4v) is 2.26. The first-order valence-electron chi connectivity index (χ1n) is 8.04. The van der Waals surface area contributed by atoms with Gasteiger partial charge in [-0.25, -0.2) is 0 Å².